The normalized spacial score (nSPS) is 10.8. The fraction of sp³-hybridized carbons (Fsp3) is 0.267. The van der Waals surface area contributed by atoms with Gasteiger partial charge in [0.15, 0.2) is 5.13 Å². The summed E-state index contributed by atoms with van der Waals surface area (Å²) in [6.45, 7) is 2.76. The number of nitrogen functional groups attached to an aromatic ring is 1. The summed E-state index contributed by atoms with van der Waals surface area (Å²) < 4.78 is 5.49. The average Bonchev–Trinajstić information content (AvgIpc) is 2.91. The summed E-state index contributed by atoms with van der Waals surface area (Å²) >= 11 is 1.31. The van der Waals surface area contributed by atoms with Crippen LogP contribution in [0, 0.1) is 0 Å². The fourth-order valence-electron chi connectivity index (χ4n) is 1.66. The predicted molar refractivity (Wildman–Crippen MR) is 88.2 cm³/mol. The van der Waals surface area contributed by atoms with Crippen molar-refractivity contribution < 1.29 is 9.53 Å². The Kier molecular flexibility index (Phi) is 5.91. The fourth-order valence-corrected chi connectivity index (χ4v) is 2.22. The molecule has 0 aliphatic carbocycles. The number of nitrogens with one attached hydrogen (secondary N) is 1. The molecule has 2 rings (SSSR count). The zero-order chi connectivity index (χ0) is 15.8. The minimum absolute atomic E-state index is 0.162. The number of rotatable bonds is 7. The van der Waals surface area contributed by atoms with E-state index < -0.39 is 0 Å². The Morgan fingerprint density at radius 3 is 2.86 bits per heavy atom. The third-order valence-electron chi connectivity index (χ3n) is 2.67. The molecule has 0 atom stereocenters. The van der Waals surface area contributed by atoms with Crippen molar-refractivity contribution in [2.75, 3.05) is 12.3 Å². The molecule has 7 heteroatoms. The third kappa shape index (κ3) is 5.17. The Bertz CT molecular complexity index is 637. The van der Waals surface area contributed by atoms with Crippen molar-refractivity contribution in [1.29, 1.82) is 0 Å². The highest BCUT2D eigenvalue weighted by molar-refractivity contribution is 7.13. The van der Waals surface area contributed by atoms with Gasteiger partial charge in [0.1, 0.15) is 5.75 Å². The van der Waals surface area contributed by atoms with Crippen LogP contribution in [0.4, 0.5) is 5.13 Å². The number of aromatic nitrogens is 1. The van der Waals surface area contributed by atoms with Crippen LogP contribution in [0.1, 0.15) is 24.6 Å². The number of nitrogens with zero attached hydrogens (tertiary/aromatic N) is 2. The van der Waals surface area contributed by atoms with E-state index in [1.165, 1.54) is 11.3 Å². The molecule has 0 aliphatic rings. The molecule has 1 amide bonds. The maximum Gasteiger partial charge on any atom is 0.246 e. The molecule has 0 aliphatic heterocycles. The summed E-state index contributed by atoms with van der Waals surface area (Å²) in [6, 6.07) is 7.50. The van der Waals surface area contributed by atoms with Gasteiger partial charge in [-0.2, -0.15) is 5.10 Å². The molecule has 116 valence electrons. The van der Waals surface area contributed by atoms with E-state index in [-0.39, 0.29) is 12.3 Å². The van der Waals surface area contributed by atoms with Crippen LogP contribution in [0.15, 0.2) is 34.7 Å². The van der Waals surface area contributed by atoms with Gasteiger partial charge in [0.2, 0.25) is 5.91 Å². The lowest BCUT2D eigenvalue weighted by Crippen LogP contribution is -2.19. The number of benzene rings is 1. The van der Waals surface area contributed by atoms with Crippen LogP contribution in [0.2, 0.25) is 0 Å². The van der Waals surface area contributed by atoms with E-state index >= 15 is 0 Å². The number of hydrogen-bond donors (Lipinski definition) is 2. The van der Waals surface area contributed by atoms with Gasteiger partial charge in [-0.15, -0.1) is 11.3 Å². The Hall–Kier alpha value is -2.41. The third-order valence-corrected chi connectivity index (χ3v) is 3.39. The summed E-state index contributed by atoms with van der Waals surface area (Å²) in [5.41, 5.74) is 9.49. The van der Waals surface area contributed by atoms with E-state index in [1.807, 2.05) is 24.3 Å². The Morgan fingerprint density at radius 2 is 2.23 bits per heavy atom. The molecule has 6 nitrogen and oxygen atoms in total. The summed E-state index contributed by atoms with van der Waals surface area (Å²) in [6.07, 6.45) is 2.71. The zero-order valence-corrected chi connectivity index (χ0v) is 13.1. The minimum atomic E-state index is -0.232. The summed E-state index contributed by atoms with van der Waals surface area (Å²) in [4.78, 5) is 15.7. The largest absolute Gasteiger partial charge is 0.494 e. The smallest absolute Gasteiger partial charge is 0.246 e. The van der Waals surface area contributed by atoms with Crippen LogP contribution < -0.4 is 15.9 Å². The van der Waals surface area contributed by atoms with Gasteiger partial charge < -0.3 is 10.5 Å². The number of ether oxygens (including phenoxy) is 1. The van der Waals surface area contributed by atoms with E-state index in [1.54, 1.807) is 11.6 Å². The number of anilines is 1. The van der Waals surface area contributed by atoms with Gasteiger partial charge >= 0.3 is 0 Å². The standard InChI is InChI=1S/C15H18N4O2S/c1-2-7-21-13-5-3-11(4-6-13)9-17-19-14(20)8-12-10-22-15(16)18-12/h3-6,9-10H,2,7-8H2,1H3,(H2,16,18)(H,19,20)/b17-9+. The highest BCUT2D eigenvalue weighted by atomic mass is 32.1. The van der Waals surface area contributed by atoms with Crippen LogP contribution >= 0.6 is 11.3 Å². The molecule has 0 unspecified atom stereocenters. The zero-order valence-electron chi connectivity index (χ0n) is 12.3. The maximum atomic E-state index is 11.7. The van der Waals surface area contributed by atoms with Crippen molar-refractivity contribution in [2.45, 2.75) is 19.8 Å². The monoisotopic (exact) mass is 318 g/mol. The number of carbonyl (C=O) groups is 1. The van der Waals surface area contributed by atoms with Gasteiger partial charge in [-0.05, 0) is 36.2 Å². The second-order valence-electron chi connectivity index (χ2n) is 4.56. The average molecular weight is 318 g/mol. The van der Waals surface area contributed by atoms with Gasteiger partial charge in [-0.25, -0.2) is 10.4 Å². The molecule has 1 aromatic heterocycles. The Balaban J connectivity index is 1.80. The van der Waals surface area contributed by atoms with Crippen molar-refractivity contribution >= 4 is 28.6 Å². The lowest BCUT2D eigenvalue weighted by Gasteiger charge is -2.03. The van der Waals surface area contributed by atoms with Gasteiger partial charge in [0.25, 0.3) is 0 Å². The summed E-state index contributed by atoms with van der Waals surface area (Å²) in [5, 5.41) is 6.13. The van der Waals surface area contributed by atoms with Crippen molar-refractivity contribution in [1.82, 2.24) is 10.4 Å². The molecular weight excluding hydrogens is 300 g/mol. The van der Waals surface area contributed by atoms with Crippen molar-refractivity contribution in [2.24, 2.45) is 5.10 Å². The van der Waals surface area contributed by atoms with Crippen LogP contribution in [-0.2, 0) is 11.2 Å². The van der Waals surface area contributed by atoms with E-state index in [0.29, 0.717) is 17.4 Å². The molecule has 22 heavy (non-hydrogen) atoms. The molecule has 0 bridgehead atoms. The maximum absolute atomic E-state index is 11.7. The quantitative estimate of drug-likeness (QED) is 0.605. The number of amides is 1. The topological polar surface area (TPSA) is 89.6 Å². The van der Waals surface area contributed by atoms with Gasteiger partial charge in [0, 0.05) is 5.38 Å². The minimum Gasteiger partial charge on any atom is -0.494 e. The van der Waals surface area contributed by atoms with Crippen LogP contribution in [0.3, 0.4) is 0 Å². The number of thiazole rings is 1. The van der Waals surface area contributed by atoms with Crippen LogP contribution in [-0.4, -0.2) is 23.7 Å². The van der Waals surface area contributed by atoms with Gasteiger partial charge in [-0.1, -0.05) is 6.92 Å². The van der Waals surface area contributed by atoms with E-state index in [2.05, 4.69) is 22.4 Å². The molecule has 0 fully saturated rings. The molecule has 1 heterocycles. The molecule has 1 aromatic carbocycles. The molecular formula is C15H18N4O2S. The van der Waals surface area contributed by atoms with Crippen molar-refractivity contribution in [3.05, 3.63) is 40.9 Å². The first-order valence-corrected chi connectivity index (χ1v) is 7.80. The molecule has 3 N–H and O–H groups in total. The number of carbonyl (C=O) groups excluding carboxylic acids is 1. The van der Waals surface area contributed by atoms with E-state index in [4.69, 9.17) is 10.5 Å². The van der Waals surface area contributed by atoms with Crippen LogP contribution in [0.25, 0.3) is 0 Å². The lowest BCUT2D eigenvalue weighted by atomic mass is 10.2. The molecule has 0 saturated carbocycles. The number of nitrogens with two attached hydrogens (primary N) is 1. The predicted octanol–water partition coefficient (Wildman–Crippen LogP) is 2.21. The summed E-state index contributed by atoms with van der Waals surface area (Å²) in [7, 11) is 0. The van der Waals surface area contributed by atoms with E-state index in [0.717, 1.165) is 17.7 Å². The Morgan fingerprint density at radius 1 is 1.45 bits per heavy atom. The van der Waals surface area contributed by atoms with Crippen molar-refractivity contribution in [3.63, 3.8) is 0 Å². The van der Waals surface area contributed by atoms with E-state index in [9.17, 15) is 4.79 Å². The highest BCUT2D eigenvalue weighted by Gasteiger charge is 2.05. The molecule has 0 saturated heterocycles. The first-order chi connectivity index (χ1) is 10.7. The first-order valence-electron chi connectivity index (χ1n) is 6.92. The molecule has 2 aromatic rings. The second kappa shape index (κ2) is 8.14. The number of hydrogen-bond acceptors (Lipinski definition) is 6. The first kappa shape index (κ1) is 16.0. The van der Waals surface area contributed by atoms with Crippen molar-refractivity contribution in [3.8, 4) is 5.75 Å². The van der Waals surface area contributed by atoms with Crippen LogP contribution in [0.5, 0.6) is 5.75 Å². The second-order valence-corrected chi connectivity index (χ2v) is 5.45. The van der Waals surface area contributed by atoms with Gasteiger partial charge in [0.05, 0.1) is 24.9 Å². The molecule has 0 spiro atoms. The summed E-state index contributed by atoms with van der Waals surface area (Å²) in [5.74, 6) is 0.591. The highest BCUT2D eigenvalue weighted by Crippen LogP contribution is 2.12. The van der Waals surface area contributed by atoms with Gasteiger partial charge in [-0.3, -0.25) is 4.79 Å². The number of hydrazone groups is 1. The Labute approximate surface area is 133 Å². The lowest BCUT2D eigenvalue weighted by molar-refractivity contribution is -0.120. The SMILES string of the molecule is CCCOc1ccc(/C=N/NC(=O)Cc2csc(N)n2)cc1. The molecule has 0 radical (unpaired) electrons.